The molecule has 0 unspecified atom stereocenters. The molecule has 0 fully saturated rings. The van der Waals surface area contributed by atoms with E-state index in [0.29, 0.717) is 0 Å². The molecule has 0 spiro atoms. The van der Waals surface area contributed by atoms with E-state index in [-0.39, 0.29) is 12.3 Å². The SMILES string of the molecule is CCP(O)(O)(O)CC(Cl)Cl. The van der Waals surface area contributed by atoms with Gasteiger partial charge in [-0.2, -0.15) is 0 Å². The van der Waals surface area contributed by atoms with E-state index in [1.54, 1.807) is 0 Å². The Hall–Kier alpha value is 0.890. The van der Waals surface area contributed by atoms with E-state index in [0.717, 1.165) is 0 Å². The van der Waals surface area contributed by atoms with Crippen molar-refractivity contribution in [1.82, 2.24) is 0 Å². The zero-order valence-corrected chi connectivity index (χ0v) is 7.94. The summed E-state index contributed by atoms with van der Waals surface area (Å²) >= 11 is 10.5. The molecule has 0 saturated carbocycles. The normalized spacial score (nSPS) is 16.9. The van der Waals surface area contributed by atoms with Crippen LogP contribution in [0.1, 0.15) is 6.92 Å². The van der Waals surface area contributed by atoms with Gasteiger partial charge in [-0.15, -0.1) is 0 Å². The number of halogens is 2. The number of alkyl halides is 2. The zero-order chi connectivity index (χ0) is 8.44. The molecule has 0 amide bonds. The molecule has 3 N–H and O–H groups in total. The molecule has 0 atom stereocenters. The zero-order valence-electron chi connectivity index (χ0n) is 5.54. The van der Waals surface area contributed by atoms with Crippen molar-refractivity contribution in [1.29, 1.82) is 0 Å². The second-order valence-electron chi connectivity index (χ2n) is 2.23. The number of rotatable bonds is 3. The van der Waals surface area contributed by atoms with E-state index in [1.807, 2.05) is 0 Å². The van der Waals surface area contributed by atoms with Crippen molar-refractivity contribution < 1.29 is 14.7 Å². The Labute approximate surface area is 69.8 Å². The van der Waals surface area contributed by atoms with Gasteiger partial charge in [-0.05, 0) is 0 Å². The molecule has 0 bridgehead atoms. The van der Waals surface area contributed by atoms with Crippen LogP contribution in [0.25, 0.3) is 0 Å². The fraction of sp³-hybridized carbons (Fsp3) is 1.00. The molecule has 0 aliphatic rings. The first-order chi connectivity index (χ1) is 4.24. The van der Waals surface area contributed by atoms with Gasteiger partial charge in [0.15, 0.2) is 0 Å². The Morgan fingerprint density at radius 1 is 1.30 bits per heavy atom. The van der Waals surface area contributed by atoms with Crippen molar-refractivity contribution in [3.05, 3.63) is 0 Å². The van der Waals surface area contributed by atoms with Crippen molar-refractivity contribution in [3.63, 3.8) is 0 Å². The van der Waals surface area contributed by atoms with E-state index in [1.165, 1.54) is 6.92 Å². The molecule has 10 heavy (non-hydrogen) atoms. The first kappa shape index (κ1) is 10.9. The summed E-state index contributed by atoms with van der Waals surface area (Å²) in [5.41, 5.74) is 0. The van der Waals surface area contributed by atoms with E-state index in [9.17, 15) is 0 Å². The third-order valence-electron chi connectivity index (χ3n) is 1.16. The van der Waals surface area contributed by atoms with Crippen LogP contribution in [-0.4, -0.2) is 31.8 Å². The summed E-state index contributed by atoms with van der Waals surface area (Å²) in [6.07, 6.45) is -0.466. The Morgan fingerprint density at radius 2 is 1.70 bits per heavy atom. The van der Waals surface area contributed by atoms with Crippen LogP contribution in [0.3, 0.4) is 0 Å². The summed E-state index contributed by atoms with van der Waals surface area (Å²) in [5.74, 6) is 0. The van der Waals surface area contributed by atoms with Crippen LogP contribution in [0, 0.1) is 0 Å². The maximum absolute atomic E-state index is 9.03. The minimum atomic E-state index is -4.46. The first-order valence-corrected chi connectivity index (χ1v) is 6.12. The summed E-state index contributed by atoms with van der Waals surface area (Å²) in [4.78, 5) is 26.2. The van der Waals surface area contributed by atoms with Crippen LogP contribution in [0.15, 0.2) is 0 Å². The minimum absolute atomic E-state index is 0.110. The second-order valence-corrected chi connectivity index (χ2v) is 7.19. The molecule has 0 saturated heterocycles. The topological polar surface area (TPSA) is 60.7 Å². The molecule has 3 nitrogen and oxygen atoms in total. The van der Waals surface area contributed by atoms with Gasteiger partial charge < -0.3 is 0 Å². The van der Waals surface area contributed by atoms with Crippen LogP contribution in [0.2, 0.25) is 0 Å². The molecule has 0 radical (unpaired) electrons. The van der Waals surface area contributed by atoms with Crippen molar-refractivity contribution >= 4 is 30.5 Å². The Morgan fingerprint density at radius 3 is 1.80 bits per heavy atom. The van der Waals surface area contributed by atoms with Crippen LogP contribution in [-0.2, 0) is 0 Å². The van der Waals surface area contributed by atoms with Gasteiger partial charge in [0.2, 0.25) is 0 Å². The van der Waals surface area contributed by atoms with Gasteiger partial charge in [0.1, 0.15) is 0 Å². The third-order valence-corrected chi connectivity index (χ3v) is 4.31. The van der Waals surface area contributed by atoms with Gasteiger partial charge in [-0.25, -0.2) is 0 Å². The molecule has 0 aliphatic heterocycles. The third kappa shape index (κ3) is 4.67. The number of hydrogen-bond donors (Lipinski definition) is 3. The van der Waals surface area contributed by atoms with Crippen molar-refractivity contribution in [2.75, 3.05) is 12.3 Å². The van der Waals surface area contributed by atoms with Gasteiger partial charge in [-0.1, -0.05) is 0 Å². The monoisotopic (exact) mass is 208 g/mol. The van der Waals surface area contributed by atoms with Crippen molar-refractivity contribution in [2.45, 2.75) is 11.8 Å². The fourth-order valence-electron chi connectivity index (χ4n) is 0.412. The molecule has 0 aromatic heterocycles. The Kier molecular flexibility index (Phi) is 3.37. The summed E-state index contributed by atoms with van der Waals surface area (Å²) in [6.45, 7) is 1.47. The molecule has 0 aromatic carbocycles. The van der Waals surface area contributed by atoms with Gasteiger partial charge in [0, 0.05) is 0 Å². The molecular weight excluding hydrogens is 198 g/mol. The predicted molar refractivity (Wildman–Crippen MR) is 44.5 cm³/mol. The quantitative estimate of drug-likeness (QED) is 0.481. The van der Waals surface area contributed by atoms with Gasteiger partial charge >= 0.3 is 69.3 Å². The van der Waals surface area contributed by atoms with Crippen LogP contribution in [0.4, 0.5) is 0 Å². The summed E-state index contributed by atoms with van der Waals surface area (Å²) in [5, 5.41) is 0. The predicted octanol–water partition coefficient (Wildman–Crippen LogP) is 1.09. The average Bonchev–Trinajstić information content (AvgIpc) is 1.61. The molecule has 0 aromatic rings. The summed E-state index contributed by atoms with van der Waals surface area (Å²) in [7, 11) is -4.46. The van der Waals surface area contributed by atoms with Crippen molar-refractivity contribution in [3.8, 4) is 0 Å². The summed E-state index contributed by atoms with van der Waals surface area (Å²) < 4.78 is 0. The molecule has 0 rings (SSSR count). The summed E-state index contributed by atoms with van der Waals surface area (Å²) in [6, 6.07) is 0. The molecule has 0 aliphatic carbocycles. The van der Waals surface area contributed by atoms with Gasteiger partial charge in [-0.3, -0.25) is 0 Å². The van der Waals surface area contributed by atoms with Crippen LogP contribution in [0.5, 0.6) is 0 Å². The van der Waals surface area contributed by atoms with Crippen LogP contribution >= 0.6 is 30.5 Å². The van der Waals surface area contributed by atoms with E-state index in [2.05, 4.69) is 0 Å². The van der Waals surface area contributed by atoms with Crippen molar-refractivity contribution in [2.24, 2.45) is 0 Å². The average molecular weight is 209 g/mol. The Bertz CT molecular complexity index is 119. The van der Waals surface area contributed by atoms with E-state index >= 15 is 0 Å². The molecule has 0 heterocycles. The van der Waals surface area contributed by atoms with E-state index < -0.39 is 12.1 Å². The Balaban J connectivity index is 4.09. The van der Waals surface area contributed by atoms with Gasteiger partial charge in [0.25, 0.3) is 0 Å². The first-order valence-electron chi connectivity index (χ1n) is 2.78. The fourth-order valence-corrected chi connectivity index (χ4v) is 2.93. The molecule has 64 valence electrons. The molecule has 6 heteroatoms. The standard InChI is InChI=1S/C4H11Cl2O3P/c1-2-10(7,8,9)3-4(5)6/h4,7-9H,2-3H2,1H3. The van der Waals surface area contributed by atoms with Gasteiger partial charge in [0.05, 0.1) is 0 Å². The number of hydrogen-bond acceptors (Lipinski definition) is 3. The second kappa shape index (κ2) is 3.10. The van der Waals surface area contributed by atoms with Crippen LogP contribution < -0.4 is 0 Å². The molecular formula is C4H11Cl2O3P. The maximum atomic E-state index is 9.03. The van der Waals surface area contributed by atoms with E-state index in [4.69, 9.17) is 37.9 Å².